The summed E-state index contributed by atoms with van der Waals surface area (Å²) in [7, 11) is 0. The smallest absolute Gasteiger partial charge is 0.135 e. The Labute approximate surface area is 86.6 Å². The van der Waals surface area contributed by atoms with Gasteiger partial charge in [0.15, 0.2) is 0 Å². The lowest BCUT2D eigenvalue weighted by atomic mass is 10.1. The zero-order valence-corrected chi connectivity index (χ0v) is 8.02. The molecular weight excluding hydrogens is 195 g/mol. The fourth-order valence-electron chi connectivity index (χ4n) is 1.44. The largest absolute Gasteiger partial charge is 0.385 e. The van der Waals surface area contributed by atoms with Crippen LogP contribution >= 0.6 is 0 Å². The molecule has 1 atom stereocenters. The van der Waals surface area contributed by atoms with E-state index in [2.05, 4.69) is 9.97 Å². The van der Waals surface area contributed by atoms with Crippen molar-refractivity contribution in [1.29, 1.82) is 0 Å². The van der Waals surface area contributed by atoms with Crippen LogP contribution < -0.4 is 0 Å². The highest BCUT2D eigenvalue weighted by molar-refractivity contribution is 5.18. The topological polar surface area (TPSA) is 48.9 Å². The first-order valence-electron chi connectivity index (χ1n) is 4.67. The average Bonchev–Trinajstić information content (AvgIpc) is 2.70. The molecule has 0 fully saturated rings. The molecule has 0 bridgehead atoms. The van der Waals surface area contributed by atoms with Crippen LogP contribution in [0.4, 0.5) is 4.39 Å². The van der Waals surface area contributed by atoms with Gasteiger partial charge in [0.1, 0.15) is 17.7 Å². The third-order valence-electron chi connectivity index (χ3n) is 2.15. The standard InChI is InChI=1S/C11H11FN2O/c12-9-3-1-2-8(6-9)7-10(15)11-13-4-5-14-11/h1-6,10,15H,7H2,(H,13,14). The van der Waals surface area contributed by atoms with Gasteiger partial charge in [-0.15, -0.1) is 0 Å². The van der Waals surface area contributed by atoms with E-state index in [9.17, 15) is 9.50 Å². The quantitative estimate of drug-likeness (QED) is 0.804. The number of H-pyrrole nitrogens is 1. The molecule has 2 rings (SSSR count). The number of halogens is 1. The van der Waals surface area contributed by atoms with Crippen LogP contribution in [0.15, 0.2) is 36.7 Å². The Bertz CT molecular complexity index is 428. The summed E-state index contributed by atoms with van der Waals surface area (Å²) in [6, 6.07) is 6.18. The monoisotopic (exact) mass is 206 g/mol. The highest BCUT2D eigenvalue weighted by Crippen LogP contribution is 2.15. The van der Waals surface area contributed by atoms with Crippen LogP contribution in [0.3, 0.4) is 0 Å². The fourth-order valence-corrected chi connectivity index (χ4v) is 1.44. The highest BCUT2D eigenvalue weighted by atomic mass is 19.1. The number of imidazole rings is 1. The molecule has 0 spiro atoms. The minimum absolute atomic E-state index is 0.292. The third kappa shape index (κ3) is 2.41. The summed E-state index contributed by atoms with van der Waals surface area (Å²) < 4.78 is 12.9. The molecule has 0 aliphatic carbocycles. The second kappa shape index (κ2) is 4.23. The molecule has 0 aliphatic heterocycles. The predicted molar refractivity (Wildman–Crippen MR) is 53.7 cm³/mol. The lowest BCUT2D eigenvalue weighted by Crippen LogP contribution is -2.03. The number of hydrogen-bond acceptors (Lipinski definition) is 2. The molecule has 0 radical (unpaired) electrons. The van der Waals surface area contributed by atoms with E-state index in [-0.39, 0.29) is 5.82 Å². The van der Waals surface area contributed by atoms with Crippen molar-refractivity contribution in [1.82, 2.24) is 9.97 Å². The van der Waals surface area contributed by atoms with E-state index in [1.807, 2.05) is 0 Å². The van der Waals surface area contributed by atoms with Crippen molar-refractivity contribution in [3.63, 3.8) is 0 Å². The number of nitrogens with zero attached hydrogens (tertiary/aromatic N) is 1. The number of nitrogens with one attached hydrogen (secondary N) is 1. The van der Waals surface area contributed by atoms with Crippen molar-refractivity contribution in [2.24, 2.45) is 0 Å². The molecule has 3 nitrogen and oxygen atoms in total. The van der Waals surface area contributed by atoms with E-state index in [1.54, 1.807) is 24.5 Å². The highest BCUT2D eigenvalue weighted by Gasteiger charge is 2.10. The van der Waals surface area contributed by atoms with Gasteiger partial charge in [-0.3, -0.25) is 0 Å². The van der Waals surface area contributed by atoms with Gasteiger partial charge in [-0.05, 0) is 17.7 Å². The SMILES string of the molecule is OC(Cc1cccc(F)c1)c1ncc[nH]1. The maximum atomic E-state index is 12.9. The first-order chi connectivity index (χ1) is 7.25. The normalized spacial score (nSPS) is 12.7. The Kier molecular flexibility index (Phi) is 2.78. The van der Waals surface area contributed by atoms with Gasteiger partial charge in [0.05, 0.1) is 0 Å². The molecule has 4 heteroatoms. The molecule has 1 heterocycles. The minimum Gasteiger partial charge on any atom is -0.385 e. The molecule has 0 saturated carbocycles. The Morgan fingerprint density at radius 2 is 2.33 bits per heavy atom. The fraction of sp³-hybridized carbons (Fsp3) is 0.182. The summed E-state index contributed by atoms with van der Waals surface area (Å²) in [5.41, 5.74) is 0.749. The Morgan fingerprint density at radius 1 is 1.47 bits per heavy atom. The van der Waals surface area contributed by atoms with E-state index < -0.39 is 6.10 Å². The number of aromatic amines is 1. The maximum Gasteiger partial charge on any atom is 0.135 e. The van der Waals surface area contributed by atoms with Crippen molar-refractivity contribution in [2.45, 2.75) is 12.5 Å². The van der Waals surface area contributed by atoms with Gasteiger partial charge in [-0.1, -0.05) is 12.1 Å². The second-order valence-corrected chi connectivity index (χ2v) is 3.32. The number of rotatable bonds is 3. The lowest BCUT2D eigenvalue weighted by Gasteiger charge is -2.07. The maximum absolute atomic E-state index is 12.9. The van der Waals surface area contributed by atoms with Crippen molar-refractivity contribution < 1.29 is 9.50 Å². The lowest BCUT2D eigenvalue weighted by molar-refractivity contribution is 0.169. The molecule has 15 heavy (non-hydrogen) atoms. The van der Waals surface area contributed by atoms with E-state index in [0.29, 0.717) is 12.2 Å². The van der Waals surface area contributed by atoms with Crippen molar-refractivity contribution in [3.05, 3.63) is 53.9 Å². The molecule has 0 aliphatic rings. The van der Waals surface area contributed by atoms with Gasteiger partial charge in [0, 0.05) is 18.8 Å². The zero-order valence-electron chi connectivity index (χ0n) is 8.02. The summed E-state index contributed by atoms with van der Waals surface area (Å²) in [6.07, 6.45) is 2.85. The summed E-state index contributed by atoms with van der Waals surface area (Å²) >= 11 is 0. The average molecular weight is 206 g/mol. The van der Waals surface area contributed by atoms with E-state index in [1.165, 1.54) is 12.1 Å². The molecule has 1 unspecified atom stereocenters. The van der Waals surface area contributed by atoms with E-state index >= 15 is 0 Å². The van der Waals surface area contributed by atoms with Gasteiger partial charge < -0.3 is 10.1 Å². The number of aliphatic hydroxyl groups excluding tert-OH is 1. The summed E-state index contributed by atoms with van der Waals surface area (Å²) in [6.45, 7) is 0. The minimum atomic E-state index is -0.721. The summed E-state index contributed by atoms with van der Waals surface area (Å²) in [5, 5.41) is 9.74. The van der Waals surface area contributed by atoms with Crippen LogP contribution in [-0.2, 0) is 6.42 Å². The molecule has 0 saturated heterocycles. The van der Waals surface area contributed by atoms with Crippen molar-refractivity contribution in [3.8, 4) is 0 Å². The van der Waals surface area contributed by atoms with E-state index in [4.69, 9.17) is 0 Å². The number of aliphatic hydroxyl groups is 1. The molecule has 78 valence electrons. The Hall–Kier alpha value is -1.68. The van der Waals surface area contributed by atoms with Gasteiger partial charge in [0.2, 0.25) is 0 Å². The van der Waals surface area contributed by atoms with Crippen LogP contribution in [0.2, 0.25) is 0 Å². The van der Waals surface area contributed by atoms with Gasteiger partial charge >= 0.3 is 0 Å². The molecule has 2 N–H and O–H groups in total. The molecule has 1 aromatic heterocycles. The van der Waals surface area contributed by atoms with E-state index in [0.717, 1.165) is 5.56 Å². The number of hydrogen-bond donors (Lipinski definition) is 2. The predicted octanol–water partition coefficient (Wildman–Crippen LogP) is 1.82. The first-order valence-corrected chi connectivity index (χ1v) is 4.67. The van der Waals surface area contributed by atoms with Crippen LogP contribution in [0.5, 0.6) is 0 Å². The van der Waals surface area contributed by atoms with Gasteiger partial charge in [-0.25, -0.2) is 9.37 Å². The number of aromatic nitrogens is 2. The number of benzene rings is 1. The summed E-state index contributed by atoms with van der Waals surface area (Å²) in [4.78, 5) is 6.75. The first kappa shape index (κ1) is 9.86. The van der Waals surface area contributed by atoms with Gasteiger partial charge in [-0.2, -0.15) is 0 Å². The Balaban J connectivity index is 2.09. The zero-order chi connectivity index (χ0) is 10.7. The molecule has 2 aromatic rings. The molecule has 0 amide bonds. The third-order valence-corrected chi connectivity index (χ3v) is 2.15. The van der Waals surface area contributed by atoms with Crippen molar-refractivity contribution in [2.75, 3.05) is 0 Å². The van der Waals surface area contributed by atoms with Crippen LogP contribution in [0.25, 0.3) is 0 Å². The Morgan fingerprint density at radius 3 is 3.00 bits per heavy atom. The molecule has 1 aromatic carbocycles. The summed E-state index contributed by atoms with van der Waals surface area (Å²) in [5.74, 6) is 0.207. The van der Waals surface area contributed by atoms with Crippen LogP contribution in [-0.4, -0.2) is 15.1 Å². The molecular formula is C11H11FN2O. The van der Waals surface area contributed by atoms with Gasteiger partial charge in [0.25, 0.3) is 0 Å². The second-order valence-electron chi connectivity index (χ2n) is 3.32. The van der Waals surface area contributed by atoms with Crippen LogP contribution in [0.1, 0.15) is 17.5 Å². The van der Waals surface area contributed by atoms with Crippen LogP contribution in [0, 0.1) is 5.82 Å². The van der Waals surface area contributed by atoms with Crippen molar-refractivity contribution >= 4 is 0 Å².